The number of halogens is 1. The number of hydrogen-bond donors (Lipinski definition) is 2. The molecule has 6 nitrogen and oxygen atoms in total. The standard InChI is InChI=1S/C23H23ClN2O4S/c1-14-6-9-19(11-16(14)3)26-31(28,29)22-12-17(7-5-15(22)2)23(27)25-20-13-18(24)8-10-21(20)30-4/h5-13,26H,1-4H3,(H,25,27). The largest absolute Gasteiger partial charge is 0.495 e. The average Bonchev–Trinajstić information content (AvgIpc) is 2.71. The van der Waals surface area contributed by atoms with Gasteiger partial charge in [-0.05, 0) is 79.9 Å². The Morgan fingerprint density at radius 1 is 0.903 bits per heavy atom. The number of amides is 1. The van der Waals surface area contributed by atoms with E-state index in [0.717, 1.165) is 11.1 Å². The van der Waals surface area contributed by atoms with E-state index in [4.69, 9.17) is 16.3 Å². The molecule has 3 aromatic rings. The summed E-state index contributed by atoms with van der Waals surface area (Å²) in [7, 11) is -2.42. The molecule has 0 spiro atoms. The second kappa shape index (κ2) is 8.99. The summed E-state index contributed by atoms with van der Waals surface area (Å²) in [5.41, 5.74) is 3.59. The molecule has 162 valence electrons. The van der Waals surface area contributed by atoms with E-state index in [0.29, 0.717) is 27.7 Å². The van der Waals surface area contributed by atoms with Crippen molar-refractivity contribution in [3.8, 4) is 5.75 Å². The molecule has 0 aromatic heterocycles. The summed E-state index contributed by atoms with van der Waals surface area (Å²) >= 11 is 6.01. The minimum absolute atomic E-state index is 0.0245. The van der Waals surface area contributed by atoms with Crippen molar-refractivity contribution in [2.45, 2.75) is 25.7 Å². The number of rotatable bonds is 6. The molecular weight excluding hydrogens is 436 g/mol. The van der Waals surface area contributed by atoms with Gasteiger partial charge in [0.2, 0.25) is 0 Å². The highest BCUT2D eigenvalue weighted by atomic mass is 35.5. The van der Waals surface area contributed by atoms with Crippen LogP contribution in [0.25, 0.3) is 0 Å². The average molecular weight is 459 g/mol. The van der Waals surface area contributed by atoms with Gasteiger partial charge in [-0.25, -0.2) is 8.42 Å². The van der Waals surface area contributed by atoms with E-state index in [1.54, 1.807) is 49.4 Å². The molecule has 1 amide bonds. The van der Waals surface area contributed by atoms with Gasteiger partial charge in [0.1, 0.15) is 5.75 Å². The number of hydrogen-bond acceptors (Lipinski definition) is 4. The van der Waals surface area contributed by atoms with Crippen LogP contribution in [0.3, 0.4) is 0 Å². The lowest BCUT2D eigenvalue weighted by Gasteiger charge is -2.14. The Balaban J connectivity index is 1.91. The fourth-order valence-electron chi connectivity index (χ4n) is 3.02. The summed E-state index contributed by atoms with van der Waals surface area (Å²) in [6.07, 6.45) is 0. The van der Waals surface area contributed by atoms with Gasteiger partial charge in [-0.2, -0.15) is 0 Å². The number of nitrogens with one attached hydrogen (secondary N) is 2. The summed E-state index contributed by atoms with van der Waals surface area (Å²) in [6.45, 7) is 5.54. The molecule has 3 aromatic carbocycles. The zero-order valence-corrected chi connectivity index (χ0v) is 19.2. The van der Waals surface area contributed by atoms with Crippen molar-refractivity contribution in [2.24, 2.45) is 0 Å². The quantitative estimate of drug-likeness (QED) is 0.523. The van der Waals surface area contributed by atoms with Crippen molar-refractivity contribution >= 4 is 38.9 Å². The van der Waals surface area contributed by atoms with Crippen molar-refractivity contribution in [2.75, 3.05) is 17.1 Å². The number of anilines is 2. The number of carbonyl (C=O) groups is 1. The Labute approximate surface area is 187 Å². The zero-order chi connectivity index (χ0) is 22.8. The maximum absolute atomic E-state index is 13.0. The van der Waals surface area contributed by atoms with Crippen LogP contribution in [0.1, 0.15) is 27.0 Å². The molecule has 0 aliphatic heterocycles. The molecule has 0 bridgehead atoms. The van der Waals surface area contributed by atoms with Crippen molar-refractivity contribution in [3.05, 3.63) is 81.9 Å². The summed E-state index contributed by atoms with van der Waals surface area (Å²) in [5, 5.41) is 3.15. The monoisotopic (exact) mass is 458 g/mol. The van der Waals surface area contributed by atoms with Crippen molar-refractivity contribution in [3.63, 3.8) is 0 Å². The molecule has 0 aliphatic rings. The van der Waals surface area contributed by atoms with E-state index >= 15 is 0 Å². The molecule has 0 fully saturated rings. The second-order valence-electron chi connectivity index (χ2n) is 7.18. The smallest absolute Gasteiger partial charge is 0.262 e. The second-order valence-corrected chi connectivity index (χ2v) is 9.27. The van der Waals surface area contributed by atoms with Crippen LogP contribution in [0.4, 0.5) is 11.4 Å². The predicted molar refractivity (Wildman–Crippen MR) is 124 cm³/mol. The molecule has 0 unspecified atom stereocenters. The maximum atomic E-state index is 13.0. The molecule has 0 saturated carbocycles. The van der Waals surface area contributed by atoms with Crippen molar-refractivity contribution in [1.29, 1.82) is 0 Å². The summed E-state index contributed by atoms with van der Waals surface area (Å²) < 4.78 is 33.9. The topological polar surface area (TPSA) is 84.5 Å². The molecule has 3 rings (SSSR count). The van der Waals surface area contributed by atoms with Gasteiger partial charge in [-0.15, -0.1) is 0 Å². The number of carbonyl (C=O) groups excluding carboxylic acids is 1. The van der Waals surface area contributed by atoms with Gasteiger partial charge in [0.25, 0.3) is 15.9 Å². The zero-order valence-electron chi connectivity index (χ0n) is 17.6. The van der Waals surface area contributed by atoms with E-state index in [2.05, 4.69) is 10.0 Å². The Morgan fingerprint density at radius 3 is 2.29 bits per heavy atom. The minimum atomic E-state index is -3.90. The van der Waals surface area contributed by atoms with Gasteiger partial charge in [-0.1, -0.05) is 23.7 Å². The van der Waals surface area contributed by atoms with Crippen molar-refractivity contribution < 1.29 is 17.9 Å². The highest BCUT2D eigenvalue weighted by Crippen LogP contribution is 2.29. The van der Waals surface area contributed by atoms with Crippen LogP contribution in [-0.2, 0) is 10.0 Å². The third-order valence-electron chi connectivity index (χ3n) is 4.91. The summed E-state index contributed by atoms with van der Waals surface area (Å²) in [5.74, 6) is -0.0442. The Kier molecular flexibility index (Phi) is 6.57. The minimum Gasteiger partial charge on any atom is -0.495 e. The Hall–Kier alpha value is -3.03. The van der Waals surface area contributed by atoms with Crippen LogP contribution in [-0.4, -0.2) is 21.4 Å². The third-order valence-corrected chi connectivity index (χ3v) is 6.67. The fourth-order valence-corrected chi connectivity index (χ4v) is 4.51. The van der Waals surface area contributed by atoms with Crippen LogP contribution in [0.5, 0.6) is 5.75 Å². The van der Waals surface area contributed by atoms with Gasteiger partial charge >= 0.3 is 0 Å². The molecule has 0 saturated heterocycles. The number of benzene rings is 3. The Bertz CT molecular complexity index is 1260. The molecule has 0 atom stereocenters. The summed E-state index contributed by atoms with van der Waals surface area (Å²) in [4.78, 5) is 12.8. The first-order chi connectivity index (χ1) is 14.6. The van der Waals surface area contributed by atoms with Crippen LogP contribution in [0.2, 0.25) is 5.02 Å². The molecule has 0 radical (unpaired) electrons. The van der Waals surface area contributed by atoms with Gasteiger partial charge in [0.15, 0.2) is 0 Å². The number of ether oxygens (including phenoxy) is 1. The van der Waals surface area contributed by atoms with Crippen LogP contribution in [0, 0.1) is 20.8 Å². The van der Waals surface area contributed by atoms with Crippen LogP contribution in [0.15, 0.2) is 59.5 Å². The van der Waals surface area contributed by atoms with E-state index in [1.165, 1.54) is 13.2 Å². The molecule has 0 aliphatic carbocycles. The fraction of sp³-hybridized carbons (Fsp3) is 0.174. The van der Waals surface area contributed by atoms with Gasteiger partial charge < -0.3 is 10.1 Å². The molecular formula is C23H23ClN2O4S. The normalized spacial score (nSPS) is 11.1. The van der Waals surface area contributed by atoms with Crippen LogP contribution < -0.4 is 14.8 Å². The highest BCUT2D eigenvalue weighted by Gasteiger charge is 2.20. The van der Waals surface area contributed by atoms with Gasteiger partial charge in [0.05, 0.1) is 17.7 Å². The number of sulfonamides is 1. The molecule has 8 heteroatoms. The Morgan fingerprint density at radius 2 is 1.61 bits per heavy atom. The predicted octanol–water partition coefficient (Wildman–Crippen LogP) is 5.33. The first kappa shape index (κ1) is 22.7. The first-order valence-corrected chi connectivity index (χ1v) is 11.3. The molecule has 31 heavy (non-hydrogen) atoms. The van der Waals surface area contributed by atoms with E-state index < -0.39 is 15.9 Å². The maximum Gasteiger partial charge on any atom is 0.262 e. The van der Waals surface area contributed by atoms with E-state index in [1.807, 2.05) is 19.9 Å². The highest BCUT2D eigenvalue weighted by molar-refractivity contribution is 7.92. The third kappa shape index (κ3) is 5.18. The summed E-state index contributed by atoms with van der Waals surface area (Å²) in [6, 6.07) is 14.7. The van der Waals surface area contributed by atoms with E-state index in [-0.39, 0.29) is 10.5 Å². The number of aryl methyl sites for hydroxylation is 3. The lowest BCUT2D eigenvalue weighted by Crippen LogP contribution is -2.17. The van der Waals surface area contributed by atoms with Crippen molar-refractivity contribution in [1.82, 2.24) is 0 Å². The van der Waals surface area contributed by atoms with Crippen LogP contribution >= 0.6 is 11.6 Å². The lowest BCUT2D eigenvalue weighted by molar-refractivity contribution is 0.102. The van der Waals surface area contributed by atoms with Gasteiger partial charge in [-0.3, -0.25) is 9.52 Å². The van der Waals surface area contributed by atoms with E-state index in [9.17, 15) is 13.2 Å². The molecule has 0 heterocycles. The van der Waals surface area contributed by atoms with Gasteiger partial charge in [0, 0.05) is 16.3 Å². The first-order valence-electron chi connectivity index (χ1n) is 9.46. The molecule has 2 N–H and O–H groups in total. The SMILES string of the molecule is COc1ccc(Cl)cc1NC(=O)c1ccc(C)c(S(=O)(=O)Nc2ccc(C)c(C)c2)c1. The lowest BCUT2D eigenvalue weighted by atomic mass is 10.1. The number of methoxy groups -OCH3 is 1.